The highest BCUT2D eigenvalue weighted by Crippen LogP contribution is 2.02. The molecule has 0 aromatic carbocycles. The van der Waals surface area contributed by atoms with Gasteiger partial charge >= 0.3 is 0 Å². The third-order valence-corrected chi connectivity index (χ3v) is 2.57. The van der Waals surface area contributed by atoms with E-state index in [1.807, 2.05) is 11.8 Å². The number of rotatable bonds is 2. The van der Waals surface area contributed by atoms with Crippen molar-refractivity contribution >= 4 is 5.91 Å². The van der Waals surface area contributed by atoms with Crippen molar-refractivity contribution in [3.63, 3.8) is 0 Å². The molecule has 0 bridgehead atoms. The topological polar surface area (TPSA) is 49.6 Å². The Morgan fingerprint density at radius 1 is 1.38 bits per heavy atom. The number of piperazine rings is 1. The van der Waals surface area contributed by atoms with Gasteiger partial charge in [0.15, 0.2) is 0 Å². The van der Waals surface area contributed by atoms with Crippen LogP contribution in [0.4, 0.5) is 0 Å². The van der Waals surface area contributed by atoms with Crippen LogP contribution in [-0.4, -0.2) is 55.0 Å². The van der Waals surface area contributed by atoms with Crippen molar-refractivity contribution in [2.45, 2.75) is 19.4 Å². The molecule has 1 atom stereocenters. The predicted molar refractivity (Wildman–Crippen MR) is 52.3 cm³/mol. The summed E-state index contributed by atoms with van der Waals surface area (Å²) in [7, 11) is 2.07. The molecule has 0 aromatic rings. The molecule has 1 saturated heterocycles. The van der Waals surface area contributed by atoms with E-state index in [9.17, 15) is 4.79 Å². The lowest BCUT2D eigenvalue weighted by Gasteiger charge is -2.33. The van der Waals surface area contributed by atoms with Crippen molar-refractivity contribution < 1.29 is 4.79 Å². The Hall–Kier alpha value is -0.610. The van der Waals surface area contributed by atoms with E-state index < -0.39 is 0 Å². The first-order valence-corrected chi connectivity index (χ1v) is 4.88. The predicted octanol–water partition coefficient (Wildman–Crippen LogP) is -0.502. The van der Waals surface area contributed by atoms with E-state index in [1.165, 1.54) is 0 Å². The molecule has 1 fully saturated rings. The van der Waals surface area contributed by atoms with E-state index in [0.29, 0.717) is 0 Å². The van der Waals surface area contributed by atoms with Gasteiger partial charge in [0.25, 0.3) is 0 Å². The fourth-order valence-corrected chi connectivity index (χ4v) is 1.44. The van der Waals surface area contributed by atoms with E-state index in [1.54, 1.807) is 0 Å². The monoisotopic (exact) mass is 185 g/mol. The highest BCUT2D eigenvalue weighted by molar-refractivity contribution is 5.81. The third-order valence-electron chi connectivity index (χ3n) is 2.57. The van der Waals surface area contributed by atoms with Crippen LogP contribution in [0.2, 0.25) is 0 Å². The average Bonchev–Trinajstić information content (AvgIpc) is 2.17. The van der Waals surface area contributed by atoms with E-state index in [0.717, 1.165) is 32.6 Å². The molecule has 1 heterocycles. The Bertz CT molecular complexity index is 176. The van der Waals surface area contributed by atoms with Crippen LogP contribution < -0.4 is 5.73 Å². The lowest BCUT2D eigenvalue weighted by Crippen LogP contribution is -2.52. The van der Waals surface area contributed by atoms with Gasteiger partial charge in [-0.25, -0.2) is 0 Å². The minimum absolute atomic E-state index is 0.107. The van der Waals surface area contributed by atoms with Crippen molar-refractivity contribution in [2.75, 3.05) is 33.2 Å². The SMILES string of the molecule is CCC(N)C(=O)N1CCN(C)CC1. The lowest BCUT2D eigenvalue weighted by atomic mass is 10.2. The third kappa shape index (κ3) is 2.67. The smallest absolute Gasteiger partial charge is 0.239 e. The molecule has 4 heteroatoms. The molecule has 0 radical (unpaired) electrons. The number of hydrogen-bond donors (Lipinski definition) is 1. The van der Waals surface area contributed by atoms with Crippen LogP contribution in [0.5, 0.6) is 0 Å². The second kappa shape index (κ2) is 4.58. The van der Waals surface area contributed by atoms with Gasteiger partial charge < -0.3 is 15.5 Å². The first-order chi connectivity index (χ1) is 6.15. The standard InChI is InChI=1S/C9H19N3O/c1-3-8(10)9(13)12-6-4-11(2)5-7-12/h8H,3-7,10H2,1-2H3. The zero-order chi connectivity index (χ0) is 9.84. The van der Waals surface area contributed by atoms with E-state index >= 15 is 0 Å². The molecule has 1 aliphatic rings. The molecule has 1 rings (SSSR count). The summed E-state index contributed by atoms with van der Waals surface area (Å²) in [4.78, 5) is 15.7. The number of hydrogen-bond acceptors (Lipinski definition) is 3. The molecule has 13 heavy (non-hydrogen) atoms. The summed E-state index contributed by atoms with van der Waals surface area (Å²) in [5.74, 6) is 0.107. The first kappa shape index (κ1) is 10.5. The van der Waals surface area contributed by atoms with Crippen molar-refractivity contribution in [2.24, 2.45) is 5.73 Å². The molecule has 76 valence electrons. The number of nitrogens with zero attached hydrogens (tertiary/aromatic N) is 2. The quantitative estimate of drug-likeness (QED) is 0.631. The number of nitrogens with two attached hydrogens (primary N) is 1. The highest BCUT2D eigenvalue weighted by atomic mass is 16.2. The van der Waals surface area contributed by atoms with Gasteiger partial charge in [-0.1, -0.05) is 6.92 Å². The van der Waals surface area contributed by atoms with Gasteiger partial charge in [0.05, 0.1) is 6.04 Å². The van der Waals surface area contributed by atoms with Gasteiger partial charge in [0, 0.05) is 26.2 Å². The average molecular weight is 185 g/mol. The van der Waals surface area contributed by atoms with Gasteiger partial charge in [-0.05, 0) is 13.5 Å². The molecule has 1 unspecified atom stereocenters. The largest absolute Gasteiger partial charge is 0.339 e. The number of carbonyl (C=O) groups excluding carboxylic acids is 1. The van der Waals surface area contributed by atoms with Gasteiger partial charge in [-0.15, -0.1) is 0 Å². The summed E-state index contributed by atoms with van der Waals surface area (Å²) in [5.41, 5.74) is 5.68. The number of amides is 1. The summed E-state index contributed by atoms with van der Waals surface area (Å²) in [6.07, 6.45) is 0.727. The molecule has 1 aliphatic heterocycles. The first-order valence-electron chi connectivity index (χ1n) is 4.88. The fraction of sp³-hybridized carbons (Fsp3) is 0.889. The molecule has 2 N–H and O–H groups in total. The zero-order valence-electron chi connectivity index (χ0n) is 8.49. The van der Waals surface area contributed by atoms with Crippen LogP contribution in [0.3, 0.4) is 0 Å². The summed E-state index contributed by atoms with van der Waals surface area (Å²) in [6, 6.07) is -0.302. The summed E-state index contributed by atoms with van der Waals surface area (Å²) in [5, 5.41) is 0. The Kier molecular flexibility index (Phi) is 3.69. The van der Waals surface area contributed by atoms with Crippen molar-refractivity contribution in [1.29, 1.82) is 0 Å². The lowest BCUT2D eigenvalue weighted by molar-refractivity contribution is -0.134. The van der Waals surface area contributed by atoms with Crippen LogP contribution in [0, 0.1) is 0 Å². The molecule has 0 aromatic heterocycles. The van der Waals surface area contributed by atoms with Gasteiger partial charge in [-0.2, -0.15) is 0 Å². The van der Waals surface area contributed by atoms with Crippen molar-refractivity contribution in [1.82, 2.24) is 9.80 Å². The van der Waals surface area contributed by atoms with E-state index in [2.05, 4.69) is 11.9 Å². The number of likely N-dealkylation sites (N-methyl/N-ethyl adjacent to an activating group) is 1. The van der Waals surface area contributed by atoms with Crippen LogP contribution in [0.25, 0.3) is 0 Å². The maximum absolute atomic E-state index is 11.6. The summed E-state index contributed by atoms with van der Waals surface area (Å²) in [6.45, 7) is 5.51. The molecular formula is C9H19N3O. The number of carbonyl (C=O) groups is 1. The van der Waals surface area contributed by atoms with Crippen LogP contribution >= 0.6 is 0 Å². The van der Waals surface area contributed by atoms with Crippen LogP contribution in [0.15, 0.2) is 0 Å². The molecule has 0 saturated carbocycles. The second-order valence-electron chi connectivity index (χ2n) is 3.64. The van der Waals surface area contributed by atoms with Crippen LogP contribution in [-0.2, 0) is 4.79 Å². The molecular weight excluding hydrogens is 166 g/mol. The van der Waals surface area contributed by atoms with Gasteiger partial charge in [-0.3, -0.25) is 4.79 Å². The summed E-state index contributed by atoms with van der Waals surface area (Å²) >= 11 is 0. The molecule has 4 nitrogen and oxygen atoms in total. The highest BCUT2D eigenvalue weighted by Gasteiger charge is 2.22. The Balaban J connectivity index is 2.40. The minimum atomic E-state index is -0.302. The molecule has 0 spiro atoms. The Morgan fingerprint density at radius 2 is 1.92 bits per heavy atom. The normalized spacial score (nSPS) is 21.6. The maximum atomic E-state index is 11.6. The van der Waals surface area contributed by atoms with Crippen molar-refractivity contribution in [3.05, 3.63) is 0 Å². The maximum Gasteiger partial charge on any atom is 0.239 e. The van der Waals surface area contributed by atoms with Gasteiger partial charge in [0.2, 0.25) is 5.91 Å². The van der Waals surface area contributed by atoms with Gasteiger partial charge in [0.1, 0.15) is 0 Å². The van der Waals surface area contributed by atoms with Crippen LogP contribution in [0.1, 0.15) is 13.3 Å². The molecule has 0 aliphatic carbocycles. The summed E-state index contributed by atoms with van der Waals surface area (Å²) < 4.78 is 0. The van der Waals surface area contributed by atoms with Crippen molar-refractivity contribution in [3.8, 4) is 0 Å². The van der Waals surface area contributed by atoms with E-state index in [-0.39, 0.29) is 11.9 Å². The second-order valence-corrected chi connectivity index (χ2v) is 3.64. The van der Waals surface area contributed by atoms with E-state index in [4.69, 9.17) is 5.73 Å². The minimum Gasteiger partial charge on any atom is -0.339 e. The Morgan fingerprint density at radius 3 is 2.38 bits per heavy atom. The fourth-order valence-electron chi connectivity index (χ4n) is 1.44. The Labute approximate surface area is 79.7 Å². The zero-order valence-corrected chi connectivity index (χ0v) is 8.49. The molecule has 1 amide bonds.